The number of methoxy groups -OCH3 is 1. The quantitative estimate of drug-likeness (QED) is 0.423. The zero-order valence-electron chi connectivity index (χ0n) is 16.5. The Morgan fingerprint density at radius 1 is 1.23 bits per heavy atom. The summed E-state index contributed by atoms with van der Waals surface area (Å²) in [6.45, 7) is 1.26. The lowest BCUT2D eigenvalue weighted by molar-refractivity contribution is -0.118. The van der Waals surface area contributed by atoms with Crippen molar-refractivity contribution in [1.29, 1.82) is 0 Å². The molecule has 0 atom stereocenters. The number of hydrogen-bond acceptors (Lipinski definition) is 5. The molecular weight excluding hydrogens is 403 g/mol. The number of rotatable bonds is 8. The van der Waals surface area contributed by atoms with Crippen LogP contribution in [0.25, 0.3) is 10.2 Å². The third kappa shape index (κ3) is 4.49. The number of carbonyl (C=O) groups excluding carboxylic acids is 1. The summed E-state index contributed by atoms with van der Waals surface area (Å²) in [5, 5.41) is 0.632. The molecule has 0 saturated heterocycles. The molecule has 30 heavy (non-hydrogen) atoms. The fraction of sp³-hybridized carbons (Fsp3) is 0.227. The van der Waals surface area contributed by atoms with E-state index in [0.717, 1.165) is 28.7 Å². The number of imidazole rings is 1. The van der Waals surface area contributed by atoms with E-state index in [1.807, 2.05) is 29.0 Å². The van der Waals surface area contributed by atoms with Crippen LogP contribution in [-0.2, 0) is 17.8 Å². The smallest absolute Gasteiger partial charge is 0.233 e. The molecule has 0 fully saturated rings. The minimum atomic E-state index is -0.318. The van der Waals surface area contributed by atoms with Gasteiger partial charge in [-0.05, 0) is 36.2 Å². The SMILES string of the molecule is COc1cccc2sc(N(CCCn3ccnc3)C(=O)Cc3ccc(F)cc3)nc12. The first-order valence-electron chi connectivity index (χ1n) is 9.58. The first-order chi connectivity index (χ1) is 14.6. The maximum absolute atomic E-state index is 13.2. The number of fused-ring (bicyclic) bond motifs is 1. The van der Waals surface area contributed by atoms with Crippen molar-refractivity contribution in [2.75, 3.05) is 18.6 Å². The van der Waals surface area contributed by atoms with E-state index in [9.17, 15) is 9.18 Å². The molecule has 0 aliphatic carbocycles. The largest absolute Gasteiger partial charge is 0.494 e. The van der Waals surface area contributed by atoms with Crippen molar-refractivity contribution >= 4 is 32.6 Å². The van der Waals surface area contributed by atoms with Gasteiger partial charge in [0.1, 0.15) is 17.1 Å². The van der Waals surface area contributed by atoms with Gasteiger partial charge in [-0.3, -0.25) is 9.69 Å². The van der Waals surface area contributed by atoms with Gasteiger partial charge in [0.15, 0.2) is 5.13 Å². The van der Waals surface area contributed by atoms with E-state index >= 15 is 0 Å². The maximum Gasteiger partial charge on any atom is 0.233 e. The topological polar surface area (TPSA) is 60.2 Å². The van der Waals surface area contributed by atoms with Crippen LogP contribution < -0.4 is 9.64 Å². The van der Waals surface area contributed by atoms with Gasteiger partial charge in [-0.25, -0.2) is 14.4 Å². The number of benzene rings is 2. The van der Waals surface area contributed by atoms with E-state index in [2.05, 4.69) is 4.98 Å². The number of carbonyl (C=O) groups is 1. The van der Waals surface area contributed by atoms with Crippen LogP contribution in [0.2, 0.25) is 0 Å². The second-order valence-electron chi connectivity index (χ2n) is 6.81. The van der Waals surface area contributed by atoms with Crippen molar-refractivity contribution in [1.82, 2.24) is 14.5 Å². The Hall–Kier alpha value is -3.26. The Kier molecular flexibility index (Phi) is 6.04. The van der Waals surface area contributed by atoms with Gasteiger partial charge < -0.3 is 9.30 Å². The second kappa shape index (κ2) is 9.04. The molecule has 0 aliphatic rings. The molecule has 0 unspecified atom stereocenters. The van der Waals surface area contributed by atoms with Crippen LogP contribution in [0.5, 0.6) is 5.75 Å². The lowest BCUT2D eigenvalue weighted by atomic mass is 10.1. The standard InChI is InChI=1S/C22H21FN4O2S/c1-29-18-4-2-5-19-21(18)25-22(30-19)27(12-3-11-26-13-10-24-15-26)20(28)14-16-6-8-17(23)9-7-16/h2,4-10,13,15H,3,11-12,14H2,1H3. The number of hydrogen-bond donors (Lipinski definition) is 0. The number of anilines is 1. The molecule has 0 N–H and O–H groups in total. The third-order valence-corrected chi connectivity index (χ3v) is 5.79. The van der Waals surface area contributed by atoms with Gasteiger partial charge in [0.25, 0.3) is 0 Å². The molecule has 154 valence electrons. The van der Waals surface area contributed by atoms with Gasteiger partial charge in [-0.15, -0.1) is 0 Å². The normalized spacial score (nSPS) is 11.0. The Balaban J connectivity index is 1.58. The van der Waals surface area contributed by atoms with Crippen LogP contribution in [0.15, 0.2) is 61.2 Å². The summed E-state index contributed by atoms with van der Waals surface area (Å²) in [5.74, 6) is 0.284. The highest BCUT2D eigenvalue weighted by molar-refractivity contribution is 7.22. The highest BCUT2D eigenvalue weighted by atomic mass is 32.1. The number of halogens is 1. The van der Waals surface area contributed by atoms with E-state index < -0.39 is 0 Å². The third-order valence-electron chi connectivity index (χ3n) is 4.75. The van der Waals surface area contributed by atoms with Crippen molar-refractivity contribution in [2.45, 2.75) is 19.4 Å². The molecule has 8 heteroatoms. The second-order valence-corrected chi connectivity index (χ2v) is 7.82. The van der Waals surface area contributed by atoms with E-state index in [-0.39, 0.29) is 18.1 Å². The average Bonchev–Trinajstić information content (AvgIpc) is 3.42. The highest BCUT2D eigenvalue weighted by Crippen LogP contribution is 2.34. The predicted octanol–water partition coefficient (Wildman–Crippen LogP) is 4.31. The van der Waals surface area contributed by atoms with Crippen molar-refractivity contribution in [3.63, 3.8) is 0 Å². The summed E-state index contributed by atoms with van der Waals surface area (Å²) in [5.41, 5.74) is 1.51. The molecular formula is C22H21FN4O2S. The number of aromatic nitrogens is 3. The number of aryl methyl sites for hydroxylation is 1. The van der Waals surface area contributed by atoms with Crippen molar-refractivity contribution in [2.24, 2.45) is 0 Å². The number of amides is 1. The molecule has 1 amide bonds. The first kappa shape index (κ1) is 20.0. The van der Waals surface area contributed by atoms with Crippen LogP contribution in [-0.4, -0.2) is 34.1 Å². The van der Waals surface area contributed by atoms with E-state index in [1.165, 1.54) is 23.5 Å². The molecule has 0 saturated carbocycles. The molecule has 2 heterocycles. The molecule has 2 aromatic heterocycles. The number of thiazole rings is 1. The Labute approximate surface area is 177 Å². The van der Waals surface area contributed by atoms with Crippen LogP contribution in [0, 0.1) is 5.82 Å². The zero-order valence-corrected chi connectivity index (χ0v) is 17.3. The molecule has 0 radical (unpaired) electrons. The molecule has 6 nitrogen and oxygen atoms in total. The van der Waals surface area contributed by atoms with Crippen LogP contribution in [0.1, 0.15) is 12.0 Å². The van der Waals surface area contributed by atoms with Gasteiger partial charge >= 0.3 is 0 Å². The highest BCUT2D eigenvalue weighted by Gasteiger charge is 2.21. The summed E-state index contributed by atoms with van der Waals surface area (Å²) in [6, 6.07) is 11.7. The summed E-state index contributed by atoms with van der Waals surface area (Å²) in [4.78, 5) is 23.6. The first-order valence-corrected chi connectivity index (χ1v) is 10.4. The summed E-state index contributed by atoms with van der Waals surface area (Å²) >= 11 is 1.46. The monoisotopic (exact) mass is 424 g/mol. The van der Waals surface area contributed by atoms with Gasteiger partial charge in [0.05, 0.1) is 24.6 Å². The summed E-state index contributed by atoms with van der Waals surface area (Å²) in [6.07, 6.45) is 6.31. The zero-order chi connectivity index (χ0) is 20.9. The summed E-state index contributed by atoms with van der Waals surface area (Å²) in [7, 11) is 1.61. The van der Waals surface area contributed by atoms with E-state index in [4.69, 9.17) is 9.72 Å². The van der Waals surface area contributed by atoms with Gasteiger partial charge in [-0.2, -0.15) is 0 Å². The number of ether oxygens (including phenoxy) is 1. The minimum Gasteiger partial charge on any atom is -0.494 e. The number of para-hydroxylation sites is 1. The van der Waals surface area contributed by atoms with Crippen LogP contribution in [0.3, 0.4) is 0 Å². The van der Waals surface area contributed by atoms with Gasteiger partial charge in [0.2, 0.25) is 5.91 Å². The molecule has 2 aromatic carbocycles. The van der Waals surface area contributed by atoms with Gasteiger partial charge in [0, 0.05) is 25.5 Å². The molecule has 0 bridgehead atoms. The van der Waals surface area contributed by atoms with Crippen molar-refractivity contribution < 1.29 is 13.9 Å². The fourth-order valence-electron chi connectivity index (χ4n) is 3.22. The lowest BCUT2D eigenvalue weighted by Crippen LogP contribution is -2.33. The van der Waals surface area contributed by atoms with Gasteiger partial charge in [-0.1, -0.05) is 29.5 Å². The molecule has 4 rings (SSSR count). The predicted molar refractivity (Wildman–Crippen MR) is 115 cm³/mol. The lowest BCUT2D eigenvalue weighted by Gasteiger charge is -2.20. The summed E-state index contributed by atoms with van der Waals surface area (Å²) < 4.78 is 21.6. The molecule has 0 aliphatic heterocycles. The molecule has 4 aromatic rings. The Morgan fingerprint density at radius 2 is 2.07 bits per heavy atom. The number of nitrogens with zero attached hydrogens (tertiary/aromatic N) is 4. The fourth-order valence-corrected chi connectivity index (χ4v) is 4.25. The maximum atomic E-state index is 13.2. The minimum absolute atomic E-state index is 0.0785. The van der Waals surface area contributed by atoms with Crippen LogP contribution in [0.4, 0.5) is 9.52 Å². The van der Waals surface area contributed by atoms with E-state index in [1.54, 1.807) is 36.7 Å². The molecule has 0 spiro atoms. The van der Waals surface area contributed by atoms with Crippen molar-refractivity contribution in [3.8, 4) is 5.75 Å². The Bertz CT molecular complexity index is 1130. The average molecular weight is 425 g/mol. The van der Waals surface area contributed by atoms with Crippen LogP contribution >= 0.6 is 11.3 Å². The Morgan fingerprint density at radius 3 is 2.80 bits per heavy atom. The van der Waals surface area contributed by atoms with E-state index in [0.29, 0.717) is 17.4 Å². The van der Waals surface area contributed by atoms with Crippen molar-refractivity contribution in [3.05, 3.63) is 72.6 Å².